The van der Waals surface area contributed by atoms with Crippen molar-refractivity contribution in [2.45, 2.75) is 74.0 Å². The first-order valence-electron chi connectivity index (χ1n) is 20.2. The maximum absolute atomic E-state index is 14.4. The van der Waals surface area contributed by atoms with Crippen molar-refractivity contribution in [3.05, 3.63) is 108 Å². The zero-order valence-electron chi connectivity index (χ0n) is 33.5. The second-order valence-electron chi connectivity index (χ2n) is 15.0. The van der Waals surface area contributed by atoms with Crippen molar-refractivity contribution in [2.24, 2.45) is 22.9 Å². The minimum absolute atomic E-state index is 0.0979. The number of nitrogens with zero attached hydrogens (tertiary/aromatic N) is 2. The number of unbranched alkanes of at least 4 members (excludes halogenated alkanes) is 2. The molecule has 57 heavy (non-hydrogen) atoms. The van der Waals surface area contributed by atoms with Crippen LogP contribution in [0.5, 0.6) is 17.2 Å². The van der Waals surface area contributed by atoms with E-state index in [1.807, 2.05) is 61.6 Å². The van der Waals surface area contributed by atoms with Crippen molar-refractivity contribution in [2.75, 3.05) is 53.4 Å². The van der Waals surface area contributed by atoms with Gasteiger partial charge in [-0.15, -0.1) is 18.3 Å². The van der Waals surface area contributed by atoms with Crippen molar-refractivity contribution in [3.8, 4) is 17.2 Å². The largest absolute Gasteiger partial charge is 0.497 e. The summed E-state index contributed by atoms with van der Waals surface area (Å²) >= 11 is 1.75. The van der Waals surface area contributed by atoms with Crippen molar-refractivity contribution in [1.82, 2.24) is 4.90 Å². The SMILES string of the molecule is C=CCO[C@@]12Oc3ccc(OCCSc4ccccc4)cc3[C@H]3[C@H](CCCCO)[C@@H](CCCCO)C=C(C(=NOC)C[C@@H]1N(C)C(=O)Cc1cccc(OC)c1)[C@H]32. The number of fused-ring (bicyclic) bond motifs is 2. The molecule has 2 aliphatic carbocycles. The number of amides is 1. The highest BCUT2D eigenvalue weighted by atomic mass is 32.2. The molecule has 0 saturated heterocycles. The van der Waals surface area contributed by atoms with Gasteiger partial charge in [0.05, 0.1) is 38.4 Å². The molecule has 6 rings (SSSR count). The molecule has 0 spiro atoms. The summed E-state index contributed by atoms with van der Waals surface area (Å²) in [5, 5.41) is 24.3. The van der Waals surface area contributed by atoms with Gasteiger partial charge < -0.3 is 38.9 Å². The van der Waals surface area contributed by atoms with E-state index >= 15 is 0 Å². The van der Waals surface area contributed by atoms with Gasteiger partial charge in [-0.2, -0.15) is 0 Å². The molecule has 1 aliphatic heterocycles. The fourth-order valence-corrected chi connectivity index (χ4v) is 9.77. The van der Waals surface area contributed by atoms with Crippen LogP contribution in [0.25, 0.3) is 0 Å². The molecule has 0 unspecified atom stereocenters. The first-order valence-corrected chi connectivity index (χ1v) is 21.2. The van der Waals surface area contributed by atoms with E-state index in [0.29, 0.717) is 37.4 Å². The lowest BCUT2D eigenvalue weighted by atomic mass is 9.55. The first-order chi connectivity index (χ1) is 27.9. The number of ether oxygens (including phenoxy) is 4. The minimum atomic E-state index is -1.30. The average molecular weight is 799 g/mol. The Balaban J connectivity index is 1.45. The average Bonchev–Trinajstić information content (AvgIpc) is 3.23. The molecule has 3 aliphatic rings. The standard InChI is InChI=1S/C46H58N2O8S/c1-5-24-55-46-42(48(2)43(51)28-32-14-13-16-34(27-32)52-3)31-40(47-53-4)38-29-33(15-9-11-22-49)37(19-10-12-23-50)44(45(38)46)39-30-35(20-21-41(39)56-46)54-25-26-57-36-17-7-6-8-18-36/h5-8,13-14,16-18,20-21,27,29-30,33,37,42,44-45,49-50H,1,9-12,15,19,22-26,28,31H2,2-4H3/t33-,37+,42-,44+,45+,46+/m0/s1. The van der Waals surface area contributed by atoms with E-state index in [-0.39, 0.29) is 55.8 Å². The van der Waals surface area contributed by atoms with Gasteiger partial charge in [-0.3, -0.25) is 4.79 Å². The summed E-state index contributed by atoms with van der Waals surface area (Å²) in [5.41, 5.74) is 3.62. The highest BCUT2D eigenvalue weighted by Gasteiger charge is 2.65. The molecule has 0 bridgehead atoms. The van der Waals surface area contributed by atoms with Gasteiger partial charge in [0.15, 0.2) is 0 Å². The molecular weight excluding hydrogens is 741 g/mol. The third-order valence-electron chi connectivity index (χ3n) is 11.6. The van der Waals surface area contributed by atoms with Crippen LogP contribution in [0.2, 0.25) is 0 Å². The van der Waals surface area contributed by atoms with Crippen molar-refractivity contribution < 1.29 is 38.8 Å². The number of hydrogen-bond donors (Lipinski definition) is 2. The summed E-state index contributed by atoms with van der Waals surface area (Å²) in [6, 6.07) is 23.4. The van der Waals surface area contributed by atoms with Gasteiger partial charge in [-0.1, -0.05) is 60.5 Å². The monoisotopic (exact) mass is 798 g/mol. The van der Waals surface area contributed by atoms with Crippen LogP contribution in [0.4, 0.5) is 0 Å². The summed E-state index contributed by atoms with van der Waals surface area (Å²) in [4.78, 5) is 22.9. The lowest BCUT2D eigenvalue weighted by Crippen LogP contribution is -2.69. The molecule has 1 fully saturated rings. The molecule has 3 aromatic rings. The molecule has 1 amide bonds. The maximum atomic E-state index is 14.4. The smallest absolute Gasteiger partial charge is 0.239 e. The van der Waals surface area contributed by atoms with E-state index < -0.39 is 11.8 Å². The molecule has 3 aromatic carbocycles. The van der Waals surface area contributed by atoms with Crippen LogP contribution in [0.15, 0.2) is 107 Å². The van der Waals surface area contributed by atoms with E-state index in [1.54, 1.807) is 37.0 Å². The number of oxime groups is 1. The number of thioether (sulfide) groups is 1. The lowest BCUT2D eigenvalue weighted by Gasteiger charge is -2.59. The molecule has 2 N–H and O–H groups in total. The Morgan fingerprint density at radius 3 is 2.53 bits per heavy atom. The molecule has 1 saturated carbocycles. The normalized spacial score (nSPS) is 24.1. The highest BCUT2D eigenvalue weighted by molar-refractivity contribution is 7.99. The number of benzene rings is 3. The fraction of sp³-hybridized carbons (Fsp3) is 0.478. The number of aliphatic hydroxyl groups is 2. The van der Waals surface area contributed by atoms with E-state index in [1.165, 1.54) is 4.90 Å². The Kier molecular flexibility index (Phi) is 15.2. The Bertz CT molecular complexity index is 1850. The summed E-state index contributed by atoms with van der Waals surface area (Å²) in [5.74, 6) is 1.31. The molecule has 1 heterocycles. The Hall–Kier alpha value is -4.29. The molecule has 0 aromatic heterocycles. The Morgan fingerprint density at radius 2 is 1.79 bits per heavy atom. The Morgan fingerprint density at radius 1 is 1.00 bits per heavy atom. The summed E-state index contributed by atoms with van der Waals surface area (Å²) in [6.07, 6.45) is 9.42. The van der Waals surface area contributed by atoms with Crippen LogP contribution in [-0.2, 0) is 20.8 Å². The Labute approximate surface area is 341 Å². The lowest BCUT2D eigenvalue weighted by molar-refractivity contribution is -0.255. The van der Waals surface area contributed by atoms with Crippen LogP contribution in [0, 0.1) is 17.8 Å². The number of methoxy groups -OCH3 is 1. The van der Waals surface area contributed by atoms with Crippen LogP contribution < -0.4 is 14.2 Å². The third-order valence-corrected chi connectivity index (χ3v) is 12.5. The predicted molar refractivity (Wildman–Crippen MR) is 224 cm³/mol. The molecule has 306 valence electrons. The number of allylic oxidation sites excluding steroid dienone is 1. The quantitative estimate of drug-likeness (QED) is 0.0481. The second-order valence-corrected chi connectivity index (χ2v) is 16.2. The maximum Gasteiger partial charge on any atom is 0.239 e. The van der Waals surface area contributed by atoms with Gasteiger partial charge in [0.1, 0.15) is 30.4 Å². The number of aliphatic hydroxyl groups excluding tert-OH is 2. The molecule has 6 atom stereocenters. The summed E-state index contributed by atoms with van der Waals surface area (Å²) in [6.45, 7) is 5.00. The second kappa shape index (κ2) is 20.4. The number of rotatable bonds is 21. The number of likely N-dealkylation sites (N-methyl/N-ethyl adjacent to an activating group) is 1. The van der Waals surface area contributed by atoms with Gasteiger partial charge in [-0.25, -0.2) is 0 Å². The van der Waals surface area contributed by atoms with Gasteiger partial charge in [0.25, 0.3) is 0 Å². The molecular formula is C46H58N2O8S. The van der Waals surface area contributed by atoms with Gasteiger partial charge in [0, 0.05) is 48.8 Å². The highest BCUT2D eigenvalue weighted by Crippen LogP contribution is 2.61. The van der Waals surface area contributed by atoms with Crippen molar-refractivity contribution in [1.29, 1.82) is 0 Å². The number of carbonyl (C=O) groups excluding carboxylic acids is 1. The van der Waals surface area contributed by atoms with E-state index in [0.717, 1.165) is 59.6 Å². The summed E-state index contributed by atoms with van der Waals surface area (Å²) < 4.78 is 26.1. The summed E-state index contributed by atoms with van der Waals surface area (Å²) in [7, 11) is 4.99. The minimum Gasteiger partial charge on any atom is -0.497 e. The van der Waals surface area contributed by atoms with Crippen LogP contribution >= 0.6 is 11.8 Å². The first kappa shape index (κ1) is 42.3. The van der Waals surface area contributed by atoms with Gasteiger partial charge >= 0.3 is 0 Å². The van der Waals surface area contributed by atoms with E-state index in [4.69, 9.17) is 23.8 Å². The number of hydrogen-bond acceptors (Lipinski definition) is 10. The topological polar surface area (TPSA) is 119 Å². The third kappa shape index (κ3) is 9.71. The van der Waals surface area contributed by atoms with Crippen LogP contribution in [-0.4, -0.2) is 92.0 Å². The molecule has 11 heteroatoms. The number of carbonyl (C=O) groups is 1. The van der Waals surface area contributed by atoms with Crippen LogP contribution in [0.3, 0.4) is 0 Å². The van der Waals surface area contributed by atoms with Gasteiger partial charge in [-0.05, 0) is 91.1 Å². The fourth-order valence-electron chi connectivity index (χ4n) is 9.02. The van der Waals surface area contributed by atoms with Crippen molar-refractivity contribution >= 4 is 23.4 Å². The van der Waals surface area contributed by atoms with Crippen LogP contribution in [0.1, 0.15) is 62.0 Å². The predicted octanol–water partition coefficient (Wildman–Crippen LogP) is 7.83. The van der Waals surface area contributed by atoms with E-state index in [9.17, 15) is 15.0 Å². The zero-order chi connectivity index (χ0) is 40.2. The van der Waals surface area contributed by atoms with Crippen molar-refractivity contribution in [3.63, 3.8) is 0 Å². The van der Waals surface area contributed by atoms with Gasteiger partial charge in [0.2, 0.25) is 11.7 Å². The molecule has 10 nitrogen and oxygen atoms in total. The van der Waals surface area contributed by atoms with E-state index in [2.05, 4.69) is 36.0 Å². The zero-order valence-corrected chi connectivity index (χ0v) is 34.3. The molecule has 0 radical (unpaired) electrons.